The number of rotatable bonds is 3. The number of pyridine rings is 1. The molecule has 0 aliphatic carbocycles. The molecule has 3 N–H and O–H groups in total. The van der Waals surface area contributed by atoms with Crippen molar-refractivity contribution < 1.29 is 4.79 Å². The molecule has 5 heteroatoms. The van der Waals surface area contributed by atoms with E-state index in [1.165, 1.54) is 0 Å². The minimum absolute atomic E-state index is 0.132. The Hall–Kier alpha value is -0.940. The van der Waals surface area contributed by atoms with E-state index in [0.29, 0.717) is 5.82 Å². The van der Waals surface area contributed by atoms with Gasteiger partial charge >= 0.3 is 0 Å². The minimum Gasteiger partial charge on any atom is -0.325 e. The molecule has 0 unspecified atom stereocenters. The number of amides is 1. The number of nitrogens with zero attached hydrogens (tertiary/aromatic N) is 1. The predicted octanol–water partition coefficient (Wildman–Crippen LogP) is 2.85. The van der Waals surface area contributed by atoms with Crippen LogP contribution in [0.15, 0.2) is 16.7 Å². The Morgan fingerprint density at radius 2 is 1.94 bits per heavy atom. The van der Waals surface area contributed by atoms with Gasteiger partial charge in [0.15, 0.2) is 0 Å². The van der Waals surface area contributed by atoms with Gasteiger partial charge < -0.3 is 11.1 Å². The maximum Gasteiger partial charge on any atom is 0.233 e. The first-order valence-corrected chi connectivity index (χ1v) is 6.57. The van der Waals surface area contributed by atoms with Crippen molar-refractivity contribution in [3.63, 3.8) is 0 Å². The molecule has 0 saturated carbocycles. The first-order chi connectivity index (χ1) is 8.05. The van der Waals surface area contributed by atoms with Gasteiger partial charge in [-0.05, 0) is 62.2 Å². The molecular weight excluding hydrogens is 294 g/mol. The number of anilines is 1. The lowest BCUT2D eigenvalue weighted by Crippen LogP contribution is -2.53. The molecule has 0 saturated heterocycles. The largest absolute Gasteiger partial charge is 0.325 e. The van der Waals surface area contributed by atoms with Gasteiger partial charge in [-0.1, -0.05) is 0 Å². The molecule has 0 radical (unpaired) electrons. The Labute approximate surface area is 116 Å². The summed E-state index contributed by atoms with van der Waals surface area (Å²) in [5.74, 6) is 0.438. The highest BCUT2D eigenvalue weighted by Crippen LogP contribution is 2.30. The number of nitrogens with two attached hydrogens (primary N) is 1. The summed E-state index contributed by atoms with van der Waals surface area (Å²) in [6.07, 6.45) is 1.66. The van der Waals surface area contributed by atoms with Crippen LogP contribution in [0.5, 0.6) is 0 Å². The number of aryl methyl sites for hydroxylation is 1. The molecule has 100 valence electrons. The average molecular weight is 314 g/mol. The SMILES string of the molecule is Cc1cc(Br)cnc1NC(=O)C(C)(C)C(C)(C)N. The lowest BCUT2D eigenvalue weighted by Gasteiger charge is -2.36. The molecule has 0 aliphatic rings. The van der Waals surface area contributed by atoms with Gasteiger partial charge in [-0.25, -0.2) is 4.98 Å². The van der Waals surface area contributed by atoms with E-state index < -0.39 is 11.0 Å². The van der Waals surface area contributed by atoms with Crippen LogP contribution in [0.2, 0.25) is 0 Å². The predicted molar refractivity (Wildman–Crippen MR) is 77.4 cm³/mol. The van der Waals surface area contributed by atoms with Crippen LogP contribution < -0.4 is 11.1 Å². The van der Waals surface area contributed by atoms with Gasteiger partial charge in [0.25, 0.3) is 0 Å². The third-order valence-corrected chi connectivity index (χ3v) is 3.89. The summed E-state index contributed by atoms with van der Waals surface area (Å²) in [7, 11) is 0. The standard InChI is InChI=1S/C13H20BrN3O/c1-8-6-9(14)7-16-10(8)17-11(18)12(2,3)13(4,5)15/h6-7H,15H2,1-5H3,(H,16,17,18). The molecule has 1 rings (SSSR count). The quantitative estimate of drug-likeness (QED) is 0.901. The lowest BCUT2D eigenvalue weighted by atomic mass is 9.74. The van der Waals surface area contributed by atoms with Gasteiger partial charge in [-0.2, -0.15) is 0 Å². The smallest absolute Gasteiger partial charge is 0.233 e. The summed E-state index contributed by atoms with van der Waals surface area (Å²) in [5.41, 5.74) is 5.65. The number of aromatic nitrogens is 1. The molecule has 0 atom stereocenters. The zero-order valence-electron chi connectivity index (χ0n) is 11.5. The van der Waals surface area contributed by atoms with Gasteiger partial charge in [-0.3, -0.25) is 4.79 Å². The molecule has 1 amide bonds. The first-order valence-electron chi connectivity index (χ1n) is 5.78. The summed E-state index contributed by atoms with van der Waals surface area (Å²) >= 11 is 3.34. The summed E-state index contributed by atoms with van der Waals surface area (Å²) in [4.78, 5) is 16.5. The second kappa shape index (κ2) is 4.97. The average Bonchev–Trinajstić information content (AvgIpc) is 2.20. The fraction of sp³-hybridized carbons (Fsp3) is 0.538. The van der Waals surface area contributed by atoms with Crippen molar-refractivity contribution in [3.8, 4) is 0 Å². The van der Waals surface area contributed by atoms with Crippen molar-refractivity contribution in [1.29, 1.82) is 0 Å². The summed E-state index contributed by atoms with van der Waals surface area (Å²) < 4.78 is 0.886. The van der Waals surface area contributed by atoms with Crippen molar-refractivity contribution in [3.05, 3.63) is 22.3 Å². The van der Waals surface area contributed by atoms with Crippen LogP contribution in [0, 0.1) is 12.3 Å². The number of hydrogen-bond donors (Lipinski definition) is 2. The van der Waals surface area contributed by atoms with E-state index in [1.54, 1.807) is 6.20 Å². The van der Waals surface area contributed by atoms with Gasteiger partial charge in [0.1, 0.15) is 5.82 Å². The molecule has 0 spiro atoms. The lowest BCUT2D eigenvalue weighted by molar-refractivity contribution is -0.126. The number of carbonyl (C=O) groups is 1. The van der Waals surface area contributed by atoms with Gasteiger partial charge in [0, 0.05) is 16.2 Å². The Morgan fingerprint density at radius 1 is 1.39 bits per heavy atom. The molecule has 0 aromatic carbocycles. The highest BCUT2D eigenvalue weighted by Gasteiger charge is 2.40. The first kappa shape index (κ1) is 15.1. The summed E-state index contributed by atoms with van der Waals surface area (Å²) in [5, 5.41) is 2.83. The van der Waals surface area contributed by atoms with Crippen LogP contribution in [-0.4, -0.2) is 16.4 Å². The van der Waals surface area contributed by atoms with E-state index in [1.807, 2.05) is 40.7 Å². The number of carbonyl (C=O) groups excluding carboxylic acids is 1. The summed E-state index contributed by atoms with van der Waals surface area (Å²) in [6.45, 7) is 9.24. The van der Waals surface area contributed by atoms with Crippen LogP contribution in [0.3, 0.4) is 0 Å². The second-order valence-corrected chi connectivity index (χ2v) is 6.54. The Morgan fingerprint density at radius 3 is 2.39 bits per heavy atom. The molecule has 0 fully saturated rings. The molecule has 1 heterocycles. The number of halogens is 1. The molecule has 1 aromatic rings. The number of nitrogens with one attached hydrogen (secondary N) is 1. The van der Waals surface area contributed by atoms with Crippen molar-refractivity contribution in [2.45, 2.75) is 40.2 Å². The van der Waals surface area contributed by atoms with E-state index in [-0.39, 0.29) is 5.91 Å². The zero-order valence-corrected chi connectivity index (χ0v) is 13.1. The van der Waals surface area contributed by atoms with Crippen LogP contribution in [0.4, 0.5) is 5.82 Å². The Kier molecular flexibility index (Phi) is 4.18. The van der Waals surface area contributed by atoms with Crippen molar-refractivity contribution in [2.75, 3.05) is 5.32 Å². The zero-order chi connectivity index (χ0) is 14.1. The minimum atomic E-state index is -0.686. The Balaban J connectivity index is 2.95. The molecular formula is C13H20BrN3O. The second-order valence-electron chi connectivity index (χ2n) is 5.62. The van der Waals surface area contributed by atoms with Crippen LogP contribution >= 0.6 is 15.9 Å². The van der Waals surface area contributed by atoms with E-state index >= 15 is 0 Å². The summed E-state index contributed by atoms with van der Waals surface area (Å²) in [6, 6.07) is 1.91. The van der Waals surface area contributed by atoms with E-state index in [9.17, 15) is 4.79 Å². The normalized spacial score (nSPS) is 12.4. The number of hydrogen-bond acceptors (Lipinski definition) is 3. The fourth-order valence-electron chi connectivity index (χ4n) is 1.23. The Bertz CT molecular complexity index is 464. The van der Waals surface area contributed by atoms with E-state index in [0.717, 1.165) is 10.0 Å². The highest BCUT2D eigenvalue weighted by atomic mass is 79.9. The molecule has 0 bridgehead atoms. The van der Waals surface area contributed by atoms with Gasteiger partial charge in [-0.15, -0.1) is 0 Å². The van der Waals surface area contributed by atoms with E-state index in [4.69, 9.17) is 5.73 Å². The fourth-order valence-corrected chi connectivity index (χ4v) is 1.67. The van der Waals surface area contributed by atoms with Crippen LogP contribution in [-0.2, 0) is 4.79 Å². The van der Waals surface area contributed by atoms with Crippen molar-refractivity contribution in [1.82, 2.24) is 4.98 Å². The molecule has 1 aromatic heterocycles. The van der Waals surface area contributed by atoms with Crippen molar-refractivity contribution in [2.24, 2.45) is 11.1 Å². The van der Waals surface area contributed by atoms with E-state index in [2.05, 4.69) is 26.2 Å². The molecule has 18 heavy (non-hydrogen) atoms. The third-order valence-electron chi connectivity index (χ3n) is 3.46. The maximum atomic E-state index is 12.3. The highest BCUT2D eigenvalue weighted by molar-refractivity contribution is 9.10. The molecule has 0 aliphatic heterocycles. The maximum absolute atomic E-state index is 12.3. The monoisotopic (exact) mass is 313 g/mol. The third kappa shape index (κ3) is 3.09. The van der Waals surface area contributed by atoms with Crippen LogP contribution in [0.25, 0.3) is 0 Å². The van der Waals surface area contributed by atoms with Gasteiger partial charge in [0.2, 0.25) is 5.91 Å². The van der Waals surface area contributed by atoms with Crippen LogP contribution in [0.1, 0.15) is 33.3 Å². The molecule has 4 nitrogen and oxygen atoms in total. The topological polar surface area (TPSA) is 68.0 Å². The van der Waals surface area contributed by atoms with Gasteiger partial charge in [0.05, 0.1) is 5.41 Å². The van der Waals surface area contributed by atoms with Crippen molar-refractivity contribution >= 4 is 27.7 Å².